The zero-order valence-corrected chi connectivity index (χ0v) is 11.8. The Morgan fingerprint density at radius 3 is 2.76 bits per heavy atom. The van der Waals surface area contributed by atoms with Crippen LogP contribution in [0.3, 0.4) is 0 Å². The number of hydrogen-bond donors (Lipinski definition) is 2. The number of amides is 3. The summed E-state index contributed by atoms with van der Waals surface area (Å²) in [5.74, 6) is -1.09. The third kappa shape index (κ3) is 2.96. The van der Waals surface area contributed by atoms with Gasteiger partial charge in [0, 0.05) is 19.0 Å². The number of benzene rings is 1. The number of nitrogens with one attached hydrogen (secondary N) is 1. The average Bonchev–Trinajstić information content (AvgIpc) is 2.47. The van der Waals surface area contributed by atoms with E-state index < -0.39 is 17.9 Å². The molecule has 1 atom stereocenters. The first-order valence-electron chi connectivity index (χ1n) is 6.42. The average molecular weight is 292 g/mol. The summed E-state index contributed by atoms with van der Waals surface area (Å²) in [5.41, 5.74) is 0.209. The minimum atomic E-state index is -0.732. The lowest BCUT2D eigenvalue weighted by molar-refractivity contribution is -0.147. The Labute approximate surface area is 121 Å². The van der Waals surface area contributed by atoms with Crippen LogP contribution < -0.4 is 10.1 Å². The highest BCUT2D eigenvalue weighted by Crippen LogP contribution is 2.26. The van der Waals surface area contributed by atoms with Crippen LogP contribution in [0.5, 0.6) is 11.5 Å². The molecule has 0 radical (unpaired) electrons. The maximum atomic E-state index is 12.1. The highest BCUT2D eigenvalue weighted by atomic mass is 16.5. The van der Waals surface area contributed by atoms with Gasteiger partial charge in [0.25, 0.3) is 11.8 Å². The third-order valence-electron chi connectivity index (χ3n) is 3.40. The van der Waals surface area contributed by atoms with E-state index in [1.54, 1.807) is 0 Å². The maximum Gasteiger partial charge on any atom is 0.252 e. The predicted octanol–water partition coefficient (Wildman–Crippen LogP) is 0.278. The molecule has 1 aliphatic rings. The zero-order valence-electron chi connectivity index (χ0n) is 11.8. The first kappa shape index (κ1) is 14.8. The molecule has 3 amide bonds. The number of carbonyl (C=O) groups is 3. The van der Waals surface area contributed by atoms with Crippen molar-refractivity contribution < 1.29 is 24.2 Å². The standard InChI is InChI=1S/C14H16N2O5/c1-16-12(18)6-4-9(14(16)20)15-13(19)8-3-5-11(21-2)10(17)7-8/h3,5,7,9,17H,4,6H2,1-2H3,(H,15,19). The van der Waals surface area contributed by atoms with Crippen LogP contribution in [0.2, 0.25) is 0 Å². The minimum absolute atomic E-state index is 0.160. The van der Waals surface area contributed by atoms with Gasteiger partial charge in [0.15, 0.2) is 11.5 Å². The van der Waals surface area contributed by atoms with E-state index in [1.165, 1.54) is 32.4 Å². The van der Waals surface area contributed by atoms with Crippen LogP contribution >= 0.6 is 0 Å². The van der Waals surface area contributed by atoms with Gasteiger partial charge in [-0.05, 0) is 24.6 Å². The summed E-state index contributed by atoms with van der Waals surface area (Å²) >= 11 is 0. The first-order chi connectivity index (χ1) is 9.93. The Hall–Kier alpha value is -2.57. The van der Waals surface area contributed by atoms with Gasteiger partial charge in [-0.2, -0.15) is 0 Å². The van der Waals surface area contributed by atoms with E-state index in [2.05, 4.69) is 5.32 Å². The molecule has 2 rings (SSSR count). The van der Waals surface area contributed by atoms with Crippen molar-refractivity contribution in [2.24, 2.45) is 0 Å². The number of aromatic hydroxyl groups is 1. The minimum Gasteiger partial charge on any atom is -0.504 e. The number of hydrogen-bond acceptors (Lipinski definition) is 5. The third-order valence-corrected chi connectivity index (χ3v) is 3.40. The lowest BCUT2D eigenvalue weighted by Gasteiger charge is -2.28. The predicted molar refractivity (Wildman–Crippen MR) is 72.9 cm³/mol. The lowest BCUT2D eigenvalue weighted by Crippen LogP contribution is -2.52. The molecule has 21 heavy (non-hydrogen) atoms. The summed E-state index contributed by atoms with van der Waals surface area (Å²) in [6.07, 6.45) is 0.483. The quantitative estimate of drug-likeness (QED) is 0.780. The molecule has 7 nitrogen and oxygen atoms in total. The molecule has 1 fully saturated rings. The molecule has 112 valence electrons. The molecule has 1 aliphatic heterocycles. The van der Waals surface area contributed by atoms with Crippen LogP contribution in [0.15, 0.2) is 18.2 Å². The monoisotopic (exact) mass is 292 g/mol. The summed E-state index contributed by atoms with van der Waals surface area (Å²) in [5, 5.41) is 12.2. The zero-order chi connectivity index (χ0) is 15.6. The molecule has 7 heteroatoms. The van der Waals surface area contributed by atoms with Gasteiger partial charge in [-0.1, -0.05) is 0 Å². The van der Waals surface area contributed by atoms with Crippen molar-refractivity contribution in [3.05, 3.63) is 23.8 Å². The van der Waals surface area contributed by atoms with Gasteiger partial charge >= 0.3 is 0 Å². The number of phenols is 1. The first-order valence-corrected chi connectivity index (χ1v) is 6.42. The number of methoxy groups -OCH3 is 1. The summed E-state index contributed by atoms with van der Waals surface area (Å²) in [7, 11) is 2.80. The van der Waals surface area contributed by atoms with Crippen molar-refractivity contribution in [2.45, 2.75) is 18.9 Å². The van der Waals surface area contributed by atoms with E-state index in [0.717, 1.165) is 4.90 Å². The summed E-state index contributed by atoms with van der Waals surface area (Å²) in [4.78, 5) is 36.4. The molecule has 0 bridgehead atoms. The molecular weight excluding hydrogens is 276 g/mol. The van der Waals surface area contributed by atoms with Crippen molar-refractivity contribution >= 4 is 17.7 Å². The van der Waals surface area contributed by atoms with Gasteiger partial charge in [-0.25, -0.2) is 0 Å². The second kappa shape index (κ2) is 5.82. The van der Waals surface area contributed by atoms with Crippen molar-refractivity contribution in [3.63, 3.8) is 0 Å². The fourth-order valence-corrected chi connectivity index (χ4v) is 2.12. The number of rotatable bonds is 3. The van der Waals surface area contributed by atoms with Gasteiger partial charge < -0.3 is 15.2 Å². The number of piperidine rings is 1. The van der Waals surface area contributed by atoms with Crippen LogP contribution in [0.4, 0.5) is 0 Å². The lowest BCUT2D eigenvalue weighted by atomic mass is 10.0. The molecular formula is C14H16N2O5. The molecule has 0 aliphatic carbocycles. The van der Waals surface area contributed by atoms with Gasteiger partial charge in [-0.3, -0.25) is 19.3 Å². The van der Waals surface area contributed by atoms with Crippen LogP contribution in [-0.2, 0) is 9.59 Å². The Bertz CT molecular complexity index is 599. The molecule has 0 spiro atoms. The Balaban J connectivity index is 2.09. The fourth-order valence-electron chi connectivity index (χ4n) is 2.12. The van der Waals surface area contributed by atoms with Crippen LogP contribution in [-0.4, -0.2) is 47.9 Å². The Morgan fingerprint density at radius 2 is 2.14 bits per heavy atom. The number of ether oxygens (including phenoxy) is 1. The van der Waals surface area contributed by atoms with Gasteiger partial charge in [0.05, 0.1) is 7.11 Å². The summed E-state index contributed by atoms with van der Waals surface area (Å²) in [6, 6.07) is 3.47. The molecule has 1 aromatic carbocycles. The van der Waals surface area contributed by atoms with Crippen molar-refractivity contribution in [1.29, 1.82) is 0 Å². The van der Waals surface area contributed by atoms with Crippen LogP contribution in [0.25, 0.3) is 0 Å². The van der Waals surface area contributed by atoms with Crippen molar-refractivity contribution in [3.8, 4) is 11.5 Å². The van der Waals surface area contributed by atoms with Crippen LogP contribution in [0, 0.1) is 0 Å². The molecule has 0 saturated carbocycles. The summed E-state index contributed by atoms with van der Waals surface area (Å²) in [6.45, 7) is 0. The van der Waals surface area contributed by atoms with Crippen LogP contribution in [0.1, 0.15) is 23.2 Å². The normalized spacial score (nSPS) is 18.6. The Kier molecular flexibility index (Phi) is 4.11. The smallest absolute Gasteiger partial charge is 0.252 e. The number of likely N-dealkylation sites (N-methyl/N-ethyl adjacent to an activating group) is 1. The van der Waals surface area contributed by atoms with Crippen molar-refractivity contribution in [2.75, 3.05) is 14.2 Å². The van der Waals surface area contributed by atoms with E-state index in [9.17, 15) is 19.5 Å². The van der Waals surface area contributed by atoms with E-state index in [-0.39, 0.29) is 35.8 Å². The number of carbonyl (C=O) groups excluding carboxylic acids is 3. The molecule has 2 N–H and O–H groups in total. The SMILES string of the molecule is COc1ccc(C(=O)NC2CCC(=O)N(C)C2=O)cc1O. The second-order valence-corrected chi connectivity index (χ2v) is 4.74. The maximum absolute atomic E-state index is 12.1. The van der Waals surface area contributed by atoms with Gasteiger partial charge in [0.1, 0.15) is 6.04 Å². The Morgan fingerprint density at radius 1 is 1.43 bits per heavy atom. The molecule has 0 aromatic heterocycles. The largest absolute Gasteiger partial charge is 0.504 e. The van der Waals surface area contributed by atoms with E-state index in [0.29, 0.717) is 0 Å². The number of likely N-dealkylation sites (tertiary alicyclic amines) is 1. The fraction of sp³-hybridized carbons (Fsp3) is 0.357. The number of imide groups is 1. The highest BCUT2D eigenvalue weighted by Gasteiger charge is 2.32. The topological polar surface area (TPSA) is 95.9 Å². The molecule has 1 unspecified atom stereocenters. The number of nitrogens with zero attached hydrogens (tertiary/aromatic N) is 1. The van der Waals surface area contributed by atoms with Crippen molar-refractivity contribution in [1.82, 2.24) is 10.2 Å². The number of phenolic OH excluding ortho intramolecular Hbond substituents is 1. The second-order valence-electron chi connectivity index (χ2n) is 4.74. The summed E-state index contributed by atoms with van der Waals surface area (Å²) < 4.78 is 4.89. The van der Waals surface area contributed by atoms with E-state index in [4.69, 9.17) is 4.74 Å². The van der Waals surface area contributed by atoms with E-state index in [1.807, 2.05) is 0 Å². The van der Waals surface area contributed by atoms with Gasteiger partial charge in [0.2, 0.25) is 5.91 Å². The van der Waals surface area contributed by atoms with E-state index >= 15 is 0 Å². The molecule has 1 saturated heterocycles. The van der Waals surface area contributed by atoms with Gasteiger partial charge in [-0.15, -0.1) is 0 Å². The highest BCUT2D eigenvalue weighted by molar-refractivity contribution is 6.03. The molecule has 1 heterocycles. The molecule has 1 aromatic rings.